The van der Waals surface area contributed by atoms with Crippen LogP contribution in [0.2, 0.25) is 0 Å². The third kappa shape index (κ3) is 4.25. The first kappa shape index (κ1) is 16.3. The number of carbonyl (C=O) groups is 2. The van der Waals surface area contributed by atoms with Crippen LogP contribution in [0.1, 0.15) is 23.0 Å². The SMILES string of the molecule is CC(=O)Nc1ccc(C(=O)NCc2cn(-c3cccnc3)nn2)cc1. The fraction of sp³-hybridized carbons (Fsp3) is 0.118. The standard InChI is InChI=1S/C17H16N6O2/c1-12(24)20-14-6-4-13(5-7-14)17(25)19-9-15-11-23(22-21-15)16-3-2-8-18-10-16/h2-8,10-11H,9H2,1H3,(H,19,25)(H,20,24). The molecule has 0 aliphatic heterocycles. The van der Waals surface area contributed by atoms with Crippen molar-refractivity contribution >= 4 is 17.5 Å². The first-order valence-corrected chi connectivity index (χ1v) is 7.59. The maximum atomic E-state index is 12.2. The summed E-state index contributed by atoms with van der Waals surface area (Å²) in [6.07, 6.45) is 5.09. The summed E-state index contributed by atoms with van der Waals surface area (Å²) >= 11 is 0. The zero-order valence-electron chi connectivity index (χ0n) is 13.5. The average Bonchev–Trinajstić information content (AvgIpc) is 3.10. The van der Waals surface area contributed by atoms with Crippen molar-refractivity contribution in [1.82, 2.24) is 25.3 Å². The van der Waals surface area contributed by atoms with E-state index in [0.29, 0.717) is 16.9 Å². The lowest BCUT2D eigenvalue weighted by molar-refractivity contribution is -0.114. The molecule has 8 nitrogen and oxygen atoms in total. The molecule has 2 N–H and O–H groups in total. The molecule has 0 radical (unpaired) electrons. The molecular formula is C17H16N6O2. The fourth-order valence-corrected chi connectivity index (χ4v) is 2.18. The van der Waals surface area contributed by atoms with Crippen molar-refractivity contribution in [2.24, 2.45) is 0 Å². The molecule has 0 spiro atoms. The Labute approximate surface area is 143 Å². The van der Waals surface area contributed by atoms with Crippen LogP contribution in [0.4, 0.5) is 5.69 Å². The van der Waals surface area contributed by atoms with E-state index >= 15 is 0 Å². The summed E-state index contributed by atoms with van der Waals surface area (Å²) in [5.74, 6) is -0.390. The van der Waals surface area contributed by atoms with Gasteiger partial charge < -0.3 is 10.6 Å². The van der Waals surface area contributed by atoms with Crippen LogP contribution in [0, 0.1) is 0 Å². The van der Waals surface area contributed by atoms with Crippen molar-refractivity contribution in [3.63, 3.8) is 0 Å². The van der Waals surface area contributed by atoms with E-state index in [4.69, 9.17) is 0 Å². The van der Waals surface area contributed by atoms with E-state index < -0.39 is 0 Å². The van der Waals surface area contributed by atoms with Crippen LogP contribution in [0.15, 0.2) is 55.0 Å². The van der Waals surface area contributed by atoms with E-state index in [2.05, 4.69) is 25.9 Å². The van der Waals surface area contributed by atoms with E-state index in [1.165, 1.54) is 6.92 Å². The van der Waals surface area contributed by atoms with Gasteiger partial charge in [0.2, 0.25) is 5.91 Å². The van der Waals surface area contributed by atoms with Crippen molar-refractivity contribution < 1.29 is 9.59 Å². The van der Waals surface area contributed by atoms with Crippen LogP contribution in [0.5, 0.6) is 0 Å². The summed E-state index contributed by atoms with van der Waals surface area (Å²) in [5.41, 5.74) is 2.56. The molecule has 2 aromatic heterocycles. The molecule has 3 aromatic rings. The third-order valence-corrected chi connectivity index (χ3v) is 3.35. The molecular weight excluding hydrogens is 320 g/mol. The molecule has 0 aliphatic carbocycles. The van der Waals surface area contributed by atoms with Crippen LogP contribution >= 0.6 is 0 Å². The van der Waals surface area contributed by atoms with Gasteiger partial charge in [0, 0.05) is 24.4 Å². The van der Waals surface area contributed by atoms with Crippen LogP contribution in [0.25, 0.3) is 5.69 Å². The number of hydrogen-bond donors (Lipinski definition) is 2. The molecule has 0 saturated heterocycles. The molecule has 2 amide bonds. The van der Waals surface area contributed by atoms with E-state index in [9.17, 15) is 9.59 Å². The number of anilines is 1. The summed E-state index contributed by atoms with van der Waals surface area (Å²) in [4.78, 5) is 27.2. The van der Waals surface area contributed by atoms with Crippen molar-refractivity contribution in [3.8, 4) is 5.69 Å². The molecule has 2 heterocycles. The number of rotatable bonds is 5. The van der Waals surface area contributed by atoms with Crippen molar-refractivity contribution in [3.05, 3.63) is 66.2 Å². The highest BCUT2D eigenvalue weighted by Gasteiger charge is 2.08. The van der Waals surface area contributed by atoms with Gasteiger partial charge in [-0.3, -0.25) is 14.6 Å². The summed E-state index contributed by atoms with van der Waals surface area (Å²) in [6, 6.07) is 10.3. The van der Waals surface area contributed by atoms with Crippen LogP contribution < -0.4 is 10.6 Å². The Morgan fingerprint density at radius 3 is 2.64 bits per heavy atom. The Morgan fingerprint density at radius 1 is 1.16 bits per heavy atom. The molecule has 126 valence electrons. The molecule has 0 saturated carbocycles. The maximum Gasteiger partial charge on any atom is 0.251 e. The Bertz CT molecular complexity index is 874. The summed E-state index contributed by atoms with van der Waals surface area (Å²) < 4.78 is 1.59. The van der Waals surface area contributed by atoms with Gasteiger partial charge in [0.15, 0.2) is 0 Å². The predicted octanol–water partition coefficient (Wildman–Crippen LogP) is 1.55. The minimum atomic E-state index is -0.231. The van der Waals surface area contributed by atoms with Gasteiger partial charge in [0.1, 0.15) is 5.69 Å². The number of hydrogen-bond acceptors (Lipinski definition) is 5. The third-order valence-electron chi connectivity index (χ3n) is 3.35. The van der Waals surface area contributed by atoms with Crippen molar-refractivity contribution in [2.45, 2.75) is 13.5 Å². The summed E-state index contributed by atoms with van der Waals surface area (Å²) in [7, 11) is 0. The predicted molar refractivity (Wildman–Crippen MR) is 91.1 cm³/mol. The molecule has 25 heavy (non-hydrogen) atoms. The van der Waals surface area contributed by atoms with Gasteiger partial charge >= 0.3 is 0 Å². The zero-order chi connectivity index (χ0) is 17.6. The number of benzene rings is 1. The van der Waals surface area contributed by atoms with Gasteiger partial charge in [0.25, 0.3) is 5.91 Å². The molecule has 1 aromatic carbocycles. The minimum Gasteiger partial charge on any atom is -0.346 e. The van der Waals surface area contributed by atoms with Gasteiger partial charge in [-0.05, 0) is 36.4 Å². The molecule has 3 rings (SSSR count). The lowest BCUT2D eigenvalue weighted by Gasteiger charge is -2.05. The summed E-state index contributed by atoms with van der Waals surface area (Å²) in [5, 5.41) is 13.5. The van der Waals surface area contributed by atoms with E-state index in [1.54, 1.807) is 47.5 Å². The monoisotopic (exact) mass is 336 g/mol. The molecule has 0 bridgehead atoms. The Hall–Kier alpha value is -3.55. The van der Waals surface area contributed by atoms with Gasteiger partial charge in [0.05, 0.1) is 24.6 Å². The van der Waals surface area contributed by atoms with Crippen molar-refractivity contribution in [1.29, 1.82) is 0 Å². The first-order chi connectivity index (χ1) is 12.1. The number of amides is 2. The molecule has 8 heteroatoms. The van der Waals surface area contributed by atoms with E-state index in [0.717, 1.165) is 5.69 Å². The van der Waals surface area contributed by atoms with Gasteiger partial charge in [-0.25, -0.2) is 4.68 Å². The second-order valence-electron chi connectivity index (χ2n) is 5.31. The Kier molecular flexibility index (Phi) is 4.79. The maximum absolute atomic E-state index is 12.2. The molecule has 0 aliphatic rings. The zero-order valence-corrected chi connectivity index (χ0v) is 13.5. The molecule has 0 unspecified atom stereocenters. The number of nitrogens with one attached hydrogen (secondary N) is 2. The smallest absolute Gasteiger partial charge is 0.251 e. The second-order valence-corrected chi connectivity index (χ2v) is 5.31. The lowest BCUT2D eigenvalue weighted by Crippen LogP contribution is -2.23. The highest BCUT2D eigenvalue weighted by molar-refractivity contribution is 5.95. The van der Waals surface area contributed by atoms with Crippen molar-refractivity contribution in [2.75, 3.05) is 5.32 Å². The minimum absolute atomic E-state index is 0.158. The van der Waals surface area contributed by atoms with E-state index in [-0.39, 0.29) is 18.4 Å². The second kappa shape index (κ2) is 7.35. The highest BCUT2D eigenvalue weighted by Crippen LogP contribution is 2.10. The lowest BCUT2D eigenvalue weighted by atomic mass is 10.2. The Balaban J connectivity index is 1.59. The normalized spacial score (nSPS) is 10.3. The average molecular weight is 336 g/mol. The number of carbonyl (C=O) groups excluding carboxylic acids is 2. The van der Waals surface area contributed by atoms with Gasteiger partial charge in [-0.1, -0.05) is 5.21 Å². The van der Waals surface area contributed by atoms with Crippen LogP contribution in [-0.4, -0.2) is 31.8 Å². The van der Waals surface area contributed by atoms with Crippen LogP contribution in [0.3, 0.4) is 0 Å². The number of pyridine rings is 1. The quantitative estimate of drug-likeness (QED) is 0.736. The molecule has 0 atom stereocenters. The summed E-state index contributed by atoms with van der Waals surface area (Å²) in [6.45, 7) is 1.69. The largest absolute Gasteiger partial charge is 0.346 e. The number of nitrogens with zero attached hydrogens (tertiary/aromatic N) is 4. The molecule has 0 fully saturated rings. The topological polar surface area (TPSA) is 102 Å². The Morgan fingerprint density at radius 2 is 1.96 bits per heavy atom. The van der Waals surface area contributed by atoms with E-state index in [1.807, 2.05) is 12.1 Å². The fourth-order valence-electron chi connectivity index (χ4n) is 2.18. The first-order valence-electron chi connectivity index (χ1n) is 7.59. The van der Waals surface area contributed by atoms with Gasteiger partial charge in [-0.2, -0.15) is 0 Å². The highest BCUT2D eigenvalue weighted by atomic mass is 16.2. The van der Waals surface area contributed by atoms with Gasteiger partial charge in [-0.15, -0.1) is 5.10 Å². The van der Waals surface area contributed by atoms with Crippen LogP contribution in [-0.2, 0) is 11.3 Å². The number of aromatic nitrogens is 4.